The third-order valence-corrected chi connectivity index (χ3v) is 11.6. The molecule has 3 aliphatic carbocycles. The number of hydrogen-bond donors (Lipinski definition) is 2. The Hall–Kier alpha value is -2.45. The molecule has 8 heteroatoms. The van der Waals surface area contributed by atoms with Crippen molar-refractivity contribution >= 4 is 34.4 Å². The summed E-state index contributed by atoms with van der Waals surface area (Å²) < 4.78 is 6.28. The number of esters is 1. The predicted molar refractivity (Wildman–Crippen MR) is 152 cm³/mol. The molecule has 8 atom stereocenters. The lowest BCUT2D eigenvalue weighted by molar-refractivity contribution is -0.205. The summed E-state index contributed by atoms with van der Waals surface area (Å²) in [6.45, 7) is 14.4. The molecule has 2 bridgehead atoms. The molecule has 2 aromatic rings. The first-order valence-corrected chi connectivity index (χ1v) is 15.0. The molecule has 0 unspecified atom stereocenters. The lowest BCUT2D eigenvalue weighted by Gasteiger charge is -2.61. The SMILES string of the molecule is C=C[C@]1(C)C[C@@H](OC(=O)CSc2nc3ccc(C)cc3c(=O)[nH]2)[C@]2(C)[C@H](C)CC[C@]3(CCC(=O)[C@H]32)[C@@H](C)[C@@H]1O. The van der Waals surface area contributed by atoms with E-state index in [1.807, 2.05) is 19.9 Å². The maximum atomic E-state index is 13.5. The fourth-order valence-electron chi connectivity index (χ4n) is 8.12. The number of carbonyl (C=O) groups is 2. The number of benzene rings is 1. The lowest BCUT2D eigenvalue weighted by atomic mass is 9.44. The van der Waals surface area contributed by atoms with Crippen LogP contribution in [-0.2, 0) is 14.3 Å². The van der Waals surface area contributed by atoms with Crippen LogP contribution in [0.25, 0.3) is 10.9 Å². The fraction of sp³-hybridized carbons (Fsp3) is 0.613. The van der Waals surface area contributed by atoms with E-state index >= 15 is 0 Å². The van der Waals surface area contributed by atoms with Gasteiger partial charge in [0, 0.05) is 23.2 Å². The summed E-state index contributed by atoms with van der Waals surface area (Å²) in [6.07, 6.45) is 4.01. The zero-order valence-electron chi connectivity index (χ0n) is 23.6. The molecule has 1 heterocycles. The maximum Gasteiger partial charge on any atom is 0.316 e. The number of carbonyl (C=O) groups excluding carboxylic acids is 2. The van der Waals surface area contributed by atoms with Crippen molar-refractivity contribution in [2.24, 2.45) is 34.0 Å². The molecule has 0 radical (unpaired) electrons. The normalized spacial score (nSPS) is 38.1. The van der Waals surface area contributed by atoms with E-state index in [4.69, 9.17) is 4.74 Å². The molecular weight excluding hydrogens is 512 g/mol. The first-order valence-electron chi connectivity index (χ1n) is 14.0. The summed E-state index contributed by atoms with van der Waals surface area (Å²) in [5.74, 6) is -0.401. The Labute approximate surface area is 234 Å². The first kappa shape index (κ1) is 28.1. The Morgan fingerprint density at radius 1 is 1.28 bits per heavy atom. The Kier molecular flexibility index (Phi) is 7.11. The number of aliphatic hydroxyl groups excluding tert-OH is 1. The van der Waals surface area contributed by atoms with E-state index in [0.29, 0.717) is 28.9 Å². The van der Waals surface area contributed by atoms with Gasteiger partial charge in [0.25, 0.3) is 5.56 Å². The maximum absolute atomic E-state index is 13.5. The van der Waals surface area contributed by atoms with E-state index in [1.165, 1.54) is 0 Å². The smallest absolute Gasteiger partial charge is 0.316 e. The summed E-state index contributed by atoms with van der Waals surface area (Å²) in [5.41, 5.74) is -0.247. The van der Waals surface area contributed by atoms with Crippen LogP contribution in [0, 0.1) is 40.9 Å². The van der Waals surface area contributed by atoms with E-state index in [-0.39, 0.29) is 40.3 Å². The third kappa shape index (κ3) is 4.38. The van der Waals surface area contributed by atoms with Crippen molar-refractivity contribution in [2.75, 3.05) is 5.75 Å². The Bertz CT molecular complexity index is 1390. The minimum absolute atomic E-state index is 0.0330. The van der Waals surface area contributed by atoms with Crippen LogP contribution >= 0.6 is 11.8 Å². The number of aromatic amines is 1. The topological polar surface area (TPSA) is 109 Å². The molecule has 39 heavy (non-hydrogen) atoms. The highest BCUT2D eigenvalue weighted by molar-refractivity contribution is 7.99. The van der Waals surface area contributed by atoms with Gasteiger partial charge in [0.05, 0.1) is 22.8 Å². The Morgan fingerprint density at radius 2 is 2.03 bits per heavy atom. The van der Waals surface area contributed by atoms with Gasteiger partial charge < -0.3 is 14.8 Å². The lowest BCUT2D eigenvalue weighted by Crippen LogP contribution is -2.63. The van der Waals surface area contributed by atoms with E-state index in [9.17, 15) is 19.5 Å². The number of fused-ring (bicyclic) bond motifs is 1. The number of aliphatic hydroxyl groups is 1. The number of aromatic nitrogens is 2. The molecule has 1 aromatic carbocycles. The quantitative estimate of drug-likeness (QED) is 0.226. The number of H-pyrrole nitrogens is 1. The highest BCUT2D eigenvalue weighted by Gasteiger charge is 2.68. The number of nitrogens with zero attached hydrogens (tertiary/aromatic N) is 1. The van der Waals surface area contributed by atoms with Gasteiger partial charge in [-0.25, -0.2) is 4.98 Å². The van der Waals surface area contributed by atoms with E-state index in [0.717, 1.165) is 36.6 Å². The van der Waals surface area contributed by atoms with Crippen LogP contribution < -0.4 is 5.56 Å². The third-order valence-electron chi connectivity index (χ3n) is 10.7. The molecule has 210 valence electrons. The monoisotopic (exact) mass is 552 g/mol. The first-order chi connectivity index (χ1) is 18.4. The molecular formula is C31H40N2O5S. The van der Waals surface area contributed by atoms with E-state index in [2.05, 4.69) is 37.3 Å². The molecule has 3 aliphatic rings. The van der Waals surface area contributed by atoms with Crippen molar-refractivity contribution in [2.45, 2.75) is 84.1 Å². The van der Waals surface area contributed by atoms with Crippen LogP contribution in [0.3, 0.4) is 0 Å². The van der Waals surface area contributed by atoms with Crippen molar-refractivity contribution in [3.63, 3.8) is 0 Å². The minimum atomic E-state index is -0.701. The number of ketones is 1. The highest BCUT2D eigenvalue weighted by Crippen LogP contribution is 2.68. The van der Waals surface area contributed by atoms with Crippen LogP contribution in [-0.4, -0.2) is 44.8 Å². The number of rotatable bonds is 5. The molecule has 5 rings (SSSR count). The van der Waals surface area contributed by atoms with E-state index < -0.39 is 29.0 Å². The van der Waals surface area contributed by atoms with Gasteiger partial charge in [-0.15, -0.1) is 6.58 Å². The average molecular weight is 553 g/mol. The van der Waals surface area contributed by atoms with Crippen LogP contribution in [0.15, 0.2) is 40.8 Å². The summed E-state index contributed by atoms with van der Waals surface area (Å²) in [4.78, 5) is 46.8. The second-order valence-corrected chi connectivity index (χ2v) is 13.7. The van der Waals surface area contributed by atoms with Gasteiger partial charge in [0.15, 0.2) is 5.16 Å². The predicted octanol–water partition coefficient (Wildman–Crippen LogP) is 5.23. The molecule has 3 saturated carbocycles. The van der Waals surface area contributed by atoms with Gasteiger partial charge >= 0.3 is 5.97 Å². The average Bonchev–Trinajstić information content (AvgIpc) is 3.26. The molecule has 0 saturated heterocycles. The Balaban J connectivity index is 1.45. The van der Waals surface area contributed by atoms with Crippen LogP contribution in [0.1, 0.15) is 65.4 Å². The number of nitrogens with one attached hydrogen (secondary N) is 1. The van der Waals surface area contributed by atoms with Crippen LogP contribution in [0.5, 0.6) is 0 Å². The zero-order chi connectivity index (χ0) is 28.3. The van der Waals surface area contributed by atoms with Crippen LogP contribution in [0.2, 0.25) is 0 Å². The van der Waals surface area contributed by atoms with Gasteiger partial charge in [0.2, 0.25) is 0 Å². The van der Waals surface area contributed by atoms with Gasteiger partial charge in [-0.2, -0.15) is 0 Å². The van der Waals surface area contributed by atoms with Gasteiger partial charge in [0.1, 0.15) is 11.9 Å². The molecule has 0 aliphatic heterocycles. The van der Waals surface area contributed by atoms with Gasteiger partial charge in [-0.05, 0) is 62.0 Å². The molecule has 1 aromatic heterocycles. The molecule has 3 fully saturated rings. The minimum Gasteiger partial charge on any atom is -0.461 e. The molecule has 0 amide bonds. The number of hydrogen-bond acceptors (Lipinski definition) is 7. The van der Waals surface area contributed by atoms with Crippen molar-refractivity contribution in [1.29, 1.82) is 0 Å². The summed E-state index contributed by atoms with van der Waals surface area (Å²) in [7, 11) is 0. The van der Waals surface area contributed by atoms with Gasteiger partial charge in [-0.1, -0.05) is 57.2 Å². The largest absolute Gasteiger partial charge is 0.461 e. The number of Topliss-reactive ketones (excluding diaryl/α,β-unsaturated/α-hetero) is 1. The molecule has 7 nitrogen and oxygen atoms in total. The second kappa shape index (κ2) is 9.88. The zero-order valence-corrected chi connectivity index (χ0v) is 24.4. The van der Waals surface area contributed by atoms with Crippen LogP contribution in [0.4, 0.5) is 0 Å². The second-order valence-electron chi connectivity index (χ2n) is 12.7. The summed E-state index contributed by atoms with van der Waals surface area (Å²) in [6, 6.07) is 5.49. The van der Waals surface area contributed by atoms with E-state index in [1.54, 1.807) is 18.2 Å². The molecule has 2 N–H and O–H groups in total. The number of ether oxygens (including phenoxy) is 1. The summed E-state index contributed by atoms with van der Waals surface area (Å²) >= 11 is 1.13. The number of thioether (sulfide) groups is 1. The summed E-state index contributed by atoms with van der Waals surface area (Å²) in [5, 5.41) is 12.5. The fourth-order valence-corrected chi connectivity index (χ4v) is 8.77. The van der Waals surface area contributed by atoms with Crippen molar-refractivity contribution in [3.05, 3.63) is 46.8 Å². The highest BCUT2D eigenvalue weighted by atomic mass is 32.2. The van der Waals surface area contributed by atoms with Crippen molar-refractivity contribution in [1.82, 2.24) is 9.97 Å². The van der Waals surface area contributed by atoms with Crippen molar-refractivity contribution < 1.29 is 19.4 Å². The number of aryl methyl sites for hydroxylation is 1. The Morgan fingerprint density at radius 3 is 2.74 bits per heavy atom. The van der Waals surface area contributed by atoms with Crippen molar-refractivity contribution in [3.8, 4) is 0 Å². The standard InChI is InChI=1S/C31H40N2O5S/c1-7-29(5)15-23(30(6)18(3)10-12-31(19(4)26(29)36)13-11-22(34)25(30)31)38-24(35)16-39-28-32-21-9-8-17(2)14-20(21)27(37)33-28/h7-9,14,18-19,23,25-26,36H,1,10-13,15-16H2,2-6H3,(H,32,33,37)/t18-,19+,23-,25+,26+,29-,30+,31+/m1/s1. The van der Waals surface area contributed by atoms with Gasteiger partial charge in [-0.3, -0.25) is 14.4 Å². The molecule has 0 spiro atoms.